The lowest BCUT2D eigenvalue weighted by Gasteiger charge is -2.17. The van der Waals surface area contributed by atoms with Crippen LogP contribution in [-0.4, -0.2) is 19.6 Å². The standard InChI is InChI=1S/C16H13FN2O2/c1-19(14-6-4-13(17)5-7-14)16(20)11-21-15-8-2-12(10-18)3-9-15/h2-9H,11H2,1H3. The molecule has 2 rings (SSSR count). The molecule has 0 N–H and O–H groups in total. The topological polar surface area (TPSA) is 53.3 Å². The van der Waals surface area contributed by atoms with Crippen LogP contribution in [0.1, 0.15) is 5.56 Å². The number of anilines is 1. The second-order valence-corrected chi connectivity index (χ2v) is 4.35. The van der Waals surface area contributed by atoms with E-state index >= 15 is 0 Å². The van der Waals surface area contributed by atoms with E-state index in [9.17, 15) is 9.18 Å². The summed E-state index contributed by atoms with van der Waals surface area (Å²) < 4.78 is 18.2. The summed E-state index contributed by atoms with van der Waals surface area (Å²) in [5, 5.41) is 8.69. The van der Waals surface area contributed by atoms with Gasteiger partial charge in [0.05, 0.1) is 11.6 Å². The Morgan fingerprint density at radius 2 is 1.81 bits per heavy atom. The Bertz CT molecular complexity index is 660. The van der Waals surface area contributed by atoms with Gasteiger partial charge in [0.1, 0.15) is 11.6 Å². The molecule has 0 atom stereocenters. The van der Waals surface area contributed by atoms with Crippen molar-refractivity contribution in [3.8, 4) is 11.8 Å². The fourth-order valence-corrected chi connectivity index (χ4v) is 1.68. The quantitative estimate of drug-likeness (QED) is 0.867. The summed E-state index contributed by atoms with van der Waals surface area (Å²) >= 11 is 0. The first-order valence-corrected chi connectivity index (χ1v) is 6.25. The molecule has 0 spiro atoms. The molecular formula is C16H13FN2O2. The fraction of sp³-hybridized carbons (Fsp3) is 0.125. The van der Waals surface area contributed by atoms with Crippen LogP contribution in [-0.2, 0) is 4.79 Å². The Morgan fingerprint density at radius 3 is 2.38 bits per heavy atom. The summed E-state index contributed by atoms with van der Waals surface area (Å²) in [6.07, 6.45) is 0. The number of hydrogen-bond donors (Lipinski definition) is 0. The highest BCUT2D eigenvalue weighted by Crippen LogP contribution is 2.15. The first kappa shape index (κ1) is 14.5. The van der Waals surface area contributed by atoms with Crippen LogP contribution in [0.25, 0.3) is 0 Å². The second-order valence-electron chi connectivity index (χ2n) is 4.35. The molecule has 0 aromatic heterocycles. The summed E-state index contributed by atoms with van der Waals surface area (Å²) in [7, 11) is 1.59. The Hall–Kier alpha value is -2.87. The van der Waals surface area contributed by atoms with E-state index < -0.39 is 0 Å². The van der Waals surface area contributed by atoms with Crippen LogP contribution in [0.3, 0.4) is 0 Å². The number of rotatable bonds is 4. The van der Waals surface area contributed by atoms with Gasteiger partial charge in [0.2, 0.25) is 0 Å². The number of nitriles is 1. The number of likely N-dealkylation sites (N-methyl/N-ethyl adjacent to an activating group) is 1. The first-order chi connectivity index (χ1) is 10.1. The molecule has 0 radical (unpaired) electrons. The van der Waals surface area contributed by atoms with Gasteiger partial charge in [-0.25, -0.2) is 4.39 Å². The number of ether oxygens (including phenoxy) is 1. The average Bonchev–Trinajstić information content (AvgIpc) is 2.53. The molecule has 106 valence electrons. The van der Waals surface area contributed by atoms with Gasteiger partial charge >= 0.3 is 0 Å². The van der Waals surface area contributed by atoms with Crippen molar-refractivity contribution in [2.24, 2.45) is 0 Å². The molecule has 4 nitrogen and oxygen atoms in total. The summed E-state index contributed by atoms with van der Waals surface area (Å²) in [4.78, 5) is 13.4. The van der Waals surface area contributed by atoms with Crippen molar-refractivity contribution in [2.45, 2.75) is 0 Å². The van der Waals surface area contributed by atoms with E-state index in [1.807, 2.05) is 6.07 Å². The van der Waals surface area contributed by atoms with Crippen molar-refractivity contribution in [3.63, 3.8) is 0 Å². The van der Waals surface area contributed by atoms with E-state index in [4.69, 9.17) is 10.00 Å². The molecule has 0 aliphatic rings. The van der Waals surface area contributed by atoms with Gasteiger partial charge in [-0.2, -0.15) is 5.26 Å². The molecule has 0 saturated carbocycles. The SMILES string of the molecule is CN(C(=O)COc1ccc(C#N)cc1)c1ccc(F)cc1. The molecule has 0 bridgehead atoms. The zero-order valence-corrected chi connectivity index (χ0v) is 11.4. The Labute approximate surface area is 122 Å². The van der Waals surface area contributed by atoms with E-state index in [1.54, 1.807) is 31.3 Å². The summed E-state index contributed by atoms with van der Waals surface area (Å²) in [6.45, 7) is -0.139. The molecule has 2 aromatic rings. The number of benzene rings is 2. The lowest BCUT2D eigenvalue weighted by molar-refractivity contribution is -0.120. The van der Waals surface area contributed by atoms with Gasteiger partial charge in [0, 0.05) is 12.7 Å². The molecule has 0 aliphatic carbocycles. The molecule has 5 heteroatoms. The van der Waals surface area contributed by atoms with Crippen LogP contribution in [0, 0.1) is 17.1 Å². The monoisotopic (exact) mass is 284 g/mol. The first-order valence-electron chi connectivity index (χ1n) is 6.25. The minimum atomic E-state index is -0.353. The molecule has 1 amide bonds. The summed E-state index contributed by atoms with van der Waals surface area (Å²) in [5.41, 5.74) is 1.11. The minimum absolute atomic E-state index is 0.139. The van der Waals surface area contributed by atoms with E-state index in [1.165, 1.54) is 29.2 Å². The van der Waals surface area contributed by atoms with Gasteiger partial charge in [-0.3, -0.25) is 4.79 Å². The number of halogens is 1. The van der Waals surface area contributed by atoms with Crippen LogP contribution in [0.15, 0.2) is 48.5 Å². The third-order valence-electron chi connectivity index (χ3n) is 2.93. The maximum atomic E-state index is 12.8. The van der Waals surface area contributed by atoms with Crippen molar-refractivity contribution >= 4 is 11.6 Å². The third kappa shape index (κ3) is 3.80. The number of nitrogens with zero attached hydrogens (tertiary/aromatic N) is 2. The van der Waals surface area contributed by atoms with E-state index in [0.717, 1.165) is 0 Å². The van der Waals surface area contributed by atoms with E-state index in [-0.39, 0.29) is 18.3 Å². The van der Waals surface area contributed by atoms with Crippen LogP contribution >= 0.6 is 0 Å². The Kier molecular flexibility index (Phi) is 4.52. The zero-order valence-electron chi connectivity index (χ0n) is 11.4. The van der Waals surface area contributed by atoms with Gasteiger partial charge in [0.25, 0.3) is 5.91 Å². The van der Waals surface area contributed by atoms with Crippen molar-refractivity contribution in [1.82, 2.24) is 0 Å². The largest absolute Gasteiger partial charge is 0.484 e. The molecule has 0 saturated heterocycles. The number of amides is 1. The third-order valence-corrected chi connectivity index (χ3v) is 2.93. The number of carbonyl (C=O) groups excluding carboxylic acids is 1. The molecule has 2 aromatic carbocycles. The van der Waals surface area contributed by atoms with Crippen molar-refractivity contribution in [1.29, 1.82) is 5.26 Å². The van der Waals surface area contributed by atoms with Gasteiger partial charge < -0.3 is 9.64 Å². The minimum Gasteiger partial charge on any atom is -0.484 e. The average molecular weight is 284 g/mol. The number of carbonyl (C=O) groups is 1. The van der Waals surface area contributed by atoms with Gasteiger partial charge in [-0.1, -0.05) is 0 Å². The molecular weight excluding hydrogens is 271 g/mol. The molecule has 0 unspecified atom stereocenters. The van der Waals surface area contributed by atoms with Crippen LogP contribution in [0.5, 0.6) is 5.75 Å². The predicted octanol–water partition coefficient (Wildman–Crippen LogP) is 2.74. The van der Waals surface area contributed by atoms with Crippen molar-refractivity contribution in [3.05, 3.63) is 59.9 Å². The summed E-state index contributed by atoms with van der Waals surface area (Å²) in [5.74, 6) is -0.103. The molecule has 0 fully saturated rings. The molecule has 0 aliphatic heterocycles. The van der Waals surface area contributed by atoms with Gasteiger partial charge in [0.15, 0.2) is 6.61 Å². The molecule has 21 heavy (non-hydrogen) atoms. The highest BCUT2D eigenvalue weighted by molar-refractivity contribution is 5.93. The lowest BCUT2D eigenvalue weighted by atomic mass is 10.2. The smallest absolute Gasteiger partial charge is 0.264 e. The van der Waals surface area contributed by atoms with Gasteiger partial charge in [-0.15, -0.1) is 0 Å². The number of hydrogen-bond acceptors (Lipinski definition) is 3. The van der Waals surface area contributed by atoms with Crippen molar-refractivity contribution in [2.75, 3.05) is 18.6 Å². The predicted molar refractivity (Wildman–Crippen MR) is 76.5 cm³/mol. The zero-order chi connectivity index (χ0) is 15.2. The highest BCUT2D eigenvalue weighted by Gasteiger charge is 2.11. The highest BCUT2D eigenvalue weighted by atomic mass is 19.1. The van der Waals surface area contributed by atoms with Crippen LogP contribution in [0.2, 0.25) is 0 Å². The fourth-order valence-electron chi connectivity index (χ4n) is 1.68. The van der Waals surface area contributed by atoms with Gasteiger partial charge in [-0.05, 0) is 48.5 Å². The van der Waals surface area contributed by atoms with E-state index in [2.05, 4.69) is 0 Å². The lowest BCUT2D eigenvalue weighted by Crippen LogP contribution is -2.31. The normalized spacial score (nSPS) is 9.76. The molecule has 0 heterocycles. The maximum Gasteiger partial charge on any atom is 0.264 e. The van der Waals surface area contributed by atoms with Crippen molar-refractivity contribution < 1.29 is 13.9 Å². The van der Waals surface area contributed by atoms with E-state index in [0.29, 0.717) is 17.0 Å². The Morgan fingerprint density at radius 1 is 1.19 bits per heavy atom. The van der Waals surface area contributed by atoms with Crippen LogP contribution < -0.4 is 9.64 Å². The maximum absolute atomic E-state index is 12.8. The summed E-state index contributed by atoms with van der Waals surface area (Å²) in [6, 6.07) is 14.1. The van der Waals surface area contributed by atoms with Crippen LogP contribution in [0.4, 0.5) is 10.1 Å². The second kappa shape index (κ2) is 6.53. The Balaban J connectivity index is 1.94.